The second kappa shape index (κ2) is 5.20. The van der Waals surface area contributed by atoms with Crippen molar-refractivity contribution in [2.24, 2.45) is 5.73 Å². The molecule has 1 aromatic carbocycles. The Morgan fingerprint density at radius 2 is 2.14 bits per heavy atom. The van der Waals surface area contributed by atoms with Gasteiger partial charge in [0.05, 0.1) is 5.56 Å². The molecule has 0 saturated carbocycles. The summed E-state index contributed by atoms with van der Waals surface area (Å²) in [6, 6.07) is 4.35. The van der Waals surface area contributed by atoms with E-state index in [4.69, 9.17) is 22.4 Å². The van der Waals surface area contributed by atoms with Crippen LogP contribution in [0.15, 0.2) is 18.2 Å². The number of carbonyl (C=O) groups is 1. The number of aromatic carboxylic acids is 1. The van der Waals surface area contributed by atoms with Crippen molar-refractivity contribution in [3.05, 3.63) is 34.3 Å². The number of carboxylic acid groups (broad SMARTS) is 1. The monoisotopic (exact) mass is 235 g/mol. The Balaban J connectivity index is 0.00000169. The summed E-state index contributed by atoms with van der Waals surface area (Å²) in [5.41, 5.74) is 6.54. The van der Waals surface area contributed by atoms with Gasteiger partial charge in [-0.05, 0) is 24.6 Å². The summed E-state index contributed by atoms with van der Waals surface area (Å²) in [4.78, 5) is 10.5. The van der Waals surface area contributed by atoms with Crippen molar-refractivity contribution in [3.8, 4) is 0 Å². The Kier molecular flexibility index (Phi) is 4.91. The highest BCUT2D eigenvalue weighted by molar-refractivity contribution is 6.31. The van der Waals surface area contributed by atoms with Crippen LogP contribution in [0.3, 0.4) is 0 Å². The van der Waals surface area contributed by atoms with E-state index in [1.807, 2.05) is 0 Å². The van der Waals surface area contributed by atoms with Gasteiger partial charge in [-0.1, -0.05) is 17.7 Å². The average Bonchev–Trinajstić information content (AvgIpc) is 2.03. The highest BCUT2D eigenvalue weighted by Gasteiger charge is 2.08. The maximum atomic E-state index is 10.5. The lowest BCUT2D eigenvalue weighted by Gasteiger charge is -2.08. The van der Waals surface area contributed by atoms with Gasteiger partial charge >= 0.3 is 5.97 Å². The lowest BCUT2D eigenvalue weighted by molar-refractivity contribution is 0.0697. The summed E-state index contributed by atoms with van der Waals surface area (Å²) in [6.07, 6.45) is 0. The van der Waals surface area contributed by atoms with E-state index in [9.17, 15) is 4.79 Å². The van der Waals surface area contributed by atoms with Gasteiger partial charge in [-0.2, -0.15) is 0 Å². The van der Waals surface area contributed by atoms with E-state index < -0.39 is 5.97 Å². The molecule has 3 nitrogen and oxygen atoms in total. The quantitative estimate of drug-likeness (QED) is 0.828. The van der Waals surface area contributed by atoms with E-state index in [-0.39, 0.29) is 24.0 Å². The van der Waals surface area contributed by atoms with E-state index in [0.29, 0.717) is 5.02 Å². The molecule has 0 aliphatic heterocycles. The molecular weight excluding hydrogens is 225 g/mol. The summed E-state index contributed by atoms with van der Waals surface area (Å²) < 4.78 is 0. The number of hydrogen-bond acceptors (Lipinski definition) is 2. The Labute approximate surface area is 93.3 Å². The van der Waals surface area contributed by atoms with Crippen LogP contribution >= 0.6 is 24.0 Å². The molecule has 0 aliphatic rings. The first-order chi connectivity index (χ1) is 6.02. The van der Waals surface area contributed by atoms with Gasteiger partial charge in [0.25, 0.3) is 0 Å². The zero-order valence-corrected chi connectivity index (χ0v) is 9.10. The van der Waals surface area contributed by atoms with Crippen molar-refractivity contribution in [1.29, 1.82) is 0 Å². The van der Waals surface area contributed by atoms with Crippen molar-refractivity contribution in [2.75, 3.05) is 0 Å². The molecule has 0 radical (unpaired) electrons. The molecule has 1 atom stereocenters. The minimum absolute atomic E-state index is 0. The predicted octanol–water partition coefficient (Wildman–Crippen LogP) is 2.48. The molecule has 3 N–H and O–H groups in total. The van der Waals surface area contributed by atoms with E-state index in [1.54, 1.807) is 13.0 Å². The van der Waals surface area contributed by atoms with Gasteiger partial charge in [0.15, 0.2) is 0 Å². The van der Waals surface area contributed by atoms with Crippen LogP contribution in [0.1, 0.15) is 28.9 Å². The van der Waals surface area contributed by atoms with Crippen LogP contribution in [-0.4, -0.2) is 11.1 Å². The average molecular weight is 236 g/mol. The number of nitrogens with two attached hydrogens (primary N) is 1. The van der Waals surface area contributed by atoms with Crippen LogP contribution in [0.5, 0.6) is 0 Å². The van der Waals surface area contributed by atoms with Gasteiger partial charge in [-0.3, -0.25) is 0 Å². The first-order valence-electron chi connectivity index (χ1n) is 3.80. The molecule has 5 heteroatoms. The van der Waals surface area contributed by atoms with Gasteiger partial charge in [0.2, 0.25) is 0 Å². The number of benzene rings is 1. The lowest BCUT2D eigenvalue weighted by atomic mass is 10.1. The Morgan fingerprint density at radius 1 is 1.57 bits per heavy atom. The molecular formula is C9H11Cl2NO2. The van der Waals surface area contributed by atoms with E-state index in [2.05, 4.69) is 0 Å². The summed E-state index contributed by atoms with van der Waals surface area (Å²) >= 11 is 5.83. The second-order valence-electron chi connectivity index (χ2n) is 2.83. The standard InChI is InChI=1S/C9H10ClNO2.ClH/c1-5(11)7-3-2-6(9(12)13)4-8(7)10;/h2-5H,11H2,1H3,(H,12,13);1H. The predicted molar refractivity (Wildman–Crippen MR) is 58.3 cm³/mol. The molecule has 0 amide bonds. The Morgan fingerprint density at radius 3 is 2.50 bits per heavy atom. The van der Waals surface area contributed by atoms with E-state index in [1.165, 1.54) is 12.1 Å². The zero-order valence-electron chi connectivity index (χ0n) is 7.53. The fourth-order valence-electron chi connectivity index (χ4n) is 1.03. The number of rotatable bonds is 2. The van der Waals surface area contributed by atoms with Crippen molar-refractivity contribution in [1.82, 2.24) is 0 Å². The molecule has 1 rings (SSSR count). The molecule has 14 heavy (non-hydrogen) atoms. The third-order valence-corrected chi connectivity index (χ3v) is 2.07. The highest BCUT2D eigenvalue weighted by atomic mass is 35.5. The van der Waals surface area contributed by atoms with Crippen molar-refractivity contribution >= 4 is 30.0 Å². The Hall–Kier alpha value is -0.770. The molecule has 1 unspecified atom stereocenters. The first-order valence-corrected chi connectivity index (χ1v) is 4.18. The van der Waals surface area contributed by atoms with Crippen molar-refractivity contribution in [2.45, 2.75) is 13.0 Å². The fourth-order valence-corrected chi connectivity index (χ4v) is 1.38. The SMILES string of the molecule is CC(N)c1ccc(C(=O)O)cc1Cl.Cl. The summed E-state index contributed by atoms with van der Waals surface area (Å²) in [7, 11) is 0. The van der Waals surface area contributed by atoms with Crippen LogP contribution in [0.4, 0.5) is 0 Å². The molecule has 0 aliphatic carbocycles. The van der Waals surface area contributed by atoms with Gasteiger partial charge in [0.1, 0.15) is 0 Å². The van der Waals surface area contributed by atoms with Crippen LogP contribution in [0.25, 0.3) is 0 Å². The summed E-state index contributed by atoms with van der Waals surface area (Å²) in [5, 5.41) is 9.05. The molecule has 0 heterocycles. The maximum absolute atomic E-state index is 10.5. The molecule has 0 saturated heterocycles. The zero-order chi connectivity index (χ0) is 10.0. The summed E-state index contributed by atoms with van der Waals surface area (Å²) in [6.45, 7) is 1.79. The normalized spacial score (nSPS) is 11.6. The Bertz CT molecular complexity index is 340. The van der Waals surface area contributed by atoms with Gasteiger partial charge in [-0.15, -0.1) is 12.4 Å². The highest BCUT2D eigenvalue weighted by Crippen LogP contribution is 2.22. The van der Waals surface area contributed by atoms with Gasteiger partial charge < -0.3 is 10.8 Å². The molecule has 78 valence electrons. The third kappa shape index (κ3) is 2.87. The lowest BCUT2D eigenvalue weighted by Crippen LogP contribution is -2.06. The largest absolute Gasteiger partial charge is 0.478 e. The van der Waals surface area contributed by atoms with Crippen LogP contribution in [0, 0.1) is 0 Å². The van der Waals surface area contributed by atoms with E-state index >= 15 is 0 Å². The third-order valence-electron chi connectivity index (χ3n) is 1.74. The maximum Gasteiger partial charge on any atom is 0.335 e. The minimum atomic E-state index is -0.988. The van der Waals surface area contributed by atoms with Crippen LogP contribution in [-0.2, 0) is 0 Å². The smallest absolute Gasteiger partial charge is 0.335 e. The first kappa shape index (κ1) is 13.2. The topological polar surface area (TPSA) is 63.3 Å². The van der Waals surface area contributed by atoms with Crippen molar-refractivity contribution in [3.63, 3.8) is 0 Å². The van der Waals surface area contributed by atoms with E-state index in [0.717, 1.165) is 5.56 Å². The van der Waals surface area contributed by atoms with Crippen LogP contribution in [0.2, 0.25) is 5.02 Å². The molecule has 1 aromatic rings. The molecule has 0 aromatic heterocycles. The second-order valence-corrected chi connectivity index (χ2v) is 3.24. The van der Waals surface area contributed by atoms with Crippen LogP contribution < -0.4 is 5.73 Å². The molecule has 0 spiro atoms. The number of hydrogen-bond donors (Lipinski definition) is 2. The molecule has 0 bridgehead atoms. The fraction of sp³-hybridized carbons (Fsp3) is 0.222. The number of carboxylic acids is 1. The van der Waals surface area contributed by atoms with Crippen molar-refractivity contribution < 1.29 is 9.90 Å². The summed E-state index contributed by atoms with van der Waals surface area (Å²) in [5.74, 6) is -0.988. The van der Waals surface area contributed by atoms with Gasteiger partial charge in [-0.25, -0.2) is 4.79 Å². The van der Waals surface area contributed by atoms with Gasteiger partial charge in [0, 0.05) is 11.1 Å². The molecule has 0 fully saturated rings. The minimum Gasteiger partial charge on any atom is -0.478 e. The number of halogens is 2.